The summed E-state index contributed by atoms with van der Waals surface area (Å²) < 4.78 is 5.78. The van der Waals surface area contributed by atoms with Gasteiger partial charge in [0, 0.05) is 25.2 Å². The summed E-state index contributed by atoms with van der Waals surface area (Å²) in [6.45, 7) is 4.79. The Morgan fingerprint density at radius 3 is 2.79 bits per heavy atom. The van der Waals surface area contributed by atoms with Gasteiger partial charge in [-0.2, -0.15) is 0 Å². The summed E-state index contributed by atoms with van der Waals surface area (Å²) in [6, 6.07) is 12.7. The lowest BCUT2D eigenvalue weighted by Crippen LogP contribution is -2.43. The Kier molecular flexibility index (Phi) is 6.82. The van der Waals surface area contributed by atoms with Crippen LogP contribution in [0.25, 0.3) is 0 Å². The molecule has 0 saturated carbocycles. The monoisotopic (exact) mass is 397 g/mol. The normalized spacial score (nSPS) is 18.2. The van der Waals surface area contributed by atoms with E-state index in [2.05, 4.69) is 10.3 Å². The SMILES string of the molecule is CC(NC(=O)C(=O)N1CCC(C(C)O)C1)c1cccc(OCc2ccccn2)c1. The summed E-state index contributed by atoms with van der Waals surface area (Å²) >= 11 is 0. The zero-order valence-corrected chi connectivity index (χ0v) is 16.7. The lowest BCUT2D eigenvalue weighted by Gasteiger charge is -2.20. The number of aliphatic hydroxyl groups is 1. The van der Waals surface area contributed by atoms with Gasteiger partial charge in [-0.05, 0) is 50.1 Å². The number of ether oxygens (including phenoxy) is 1. The molecule has 7 heteroatoms. The Labute approximate surface area is 170 Å². The molecule has 1 aliphatic heterocycles. The van der Waals surface area contributed by atoms with Crippen molar-refractivity contribution in [2.45, 2.75) is 39.0 Å². The van der Waals surface area contributed by atoms with Crippen molar-refractivity contribution in [2.75, 3.05) is 13.1 Å². The predicted molar refractivity (Wildman–Crippen MR) is 108 cm³/mol. The van der Waals surface area contributed by atoms with Crippen LogP contribution < -0.4 is 10.1 Å². The number of aromatic nitrogens is 1. The molecule has 0 spiro atoms. The van der Waals surface area contributed by atoms with Gasteiger partial charge in [-0.25, -0.2) is 0 Å². The van der Waals surface area contributed by atoms with E-state index in [-0.39, 0.29) is 12.0 Å². The average molecular weight is 397 g/mol. The zero-order valence-electron chi connectivity index (χ0n) is 16.7. The molecule has 154 valence electrons. The summed E-state index contributed by atoms with van der Waals surface area (Å²) in [7, 11) is 0. The first-order valence-corrected chi connectivity index (χ1v) is 9.84. The molecule has 1 aromatic heterocycles. The van der Waals surface area contributed by atoms with Crippen LogP contribution in [0.3, 0.4) is 0 Å². The molecule has 0 aliphatic carbocycles. The highest BCUT2D eigenvalue weighted by atomic mass is 16.5. The highest BCUT2D eigenvalue weighted by Crippen LogP contribution is 2.22. The maximum atomic E-state index is 12.4. The second kappa shape index (κ2) is 9.52. The number of aliphatic hydroxyl groups excluding tert-OH is 1. The highest BCUT2D eigenvalue weighted by Gasteiger charge is 2.32. The van der Waals surface area contributed by atoms with E-state index in [1.807, 2.05) is 49.4 Å². The van der Waals surface area contributed by atoms with E-state index < -0.39 is 17.9 Å². The van der Waals surface area contributed by atoms with E-state index in [4.69, 9.17) is 4.74 Å². The van der Waals surface area contributed by atoms with Crippen LogP contribution in [-0.4, -0.2) is 46.0 Å². The first kappa shape index (κ1) is 20.8. The number of rotatable bonds is 6. The van der Waals surface area contributed by atoms with Gasteiger partial charge in [-0.1, -0.05) is 18.2 Å². The molecular weight excluding hydrogens is 370 g/mol. The molecule has 2 amide bonds. The Balaban J connectivity index is 1.55. The number of carbonyl (C=O) groups is 2. The molecule has 1 aromatic carbocycles. The van der Waals surface area contributed by atoms with Crippen LogP contribution in [0.5, 0.6) is 5.75 Å². The first-order valence-electron chi connectivity index (χ1n) is 9.84. The van der Waals surface area contributed by atoms with Gasteiger partial charge in [0.15, 0.2) is 0 Å². The molecule has 0 radical (unpaired) electrons. The number of pyridine rings is 1. The summed E-state index contributed by atoms with van der Waals surface area (Å²) in [5, 5.41) is 12.4. The van der Waals surface area contributed by atoms with Crippen molar-refractivity contribution in [1.29, 1.82) is 0 Å². The first-order chi connectivity index (χ1) is 13.9. The molecule has 3 atom stereocenters. The molecule has 7 nitrogen and oxygen atoms in total. The number of amides is 2. The fraction of sp³-hybridized carbons (Fsp3) is 0.409. The molecule has 1 aliphatic rings. The van der Waals surface area contributed by atoms with Crippen molar-refractivity contribution in [2.24, 2.45) is 5.92 Å². The quantitative estimate of drug-likeness (QED) is 0.728. The summed E-state index contributed by atoms with van der Waals surface area (Å²) in [5.74, 6) is -0.497. The largest absolute Gasteiger partial charge is 0.487 e. The van der Waals surface area contributed by atoms with Gasteiger partial charge < -0.3 is 20.1 Å². The summed E-state index contributed by atoms with van der Waals surface area (Å²) in [6.07, 6.45) is 1.94. The molecule has 2 heterocycles. The molecular formula is C22H27N3O4. The van der Waals surface area contributed by atoms with Crippen LogP contribution in [0.2, 0.25) is 0 Å². The third-order valence-electron chi connectivity index (χ3n) is 5.21. The molecule has 3 unspecified atom stereocenters. The minimum absolute atomic E-state index is 0.0251. The van der Waals surface area contributed by atoms with Crippen molar-refractivity contribution in [3.05, 3.63) is 59.9 Å². The van der Waals surface area contributed by atoms with Crippen molar-refractivity contribution in [3.8, 4) is 5.75 Å². The van der Waals surface area contributed by atoms with Gasteiger partial charge in [0.25, 0.3) is 0 Å². The second-order valence-electron chi connectivity index (χ2n) is 7.42. The number of likely N-dealkylation sites (tertiary alicyclic amines) is 1. The fourth-order valence-corrected chi connectivity index (χ4v) is 3.37. The lowest BCUT2D eigenvalue weighted by molar-refractivity contribution is -0.145. The smallest absolute Gasteiger partial charge is 0.311 e. The van der Waals surface area contributed by atoms with Gasteiger partial charge in [0.05, 0.1) is 17.8 Å². The Hall–Kier alpha value is -2.93. The van der Waals surface area contributed by atoms with Gasteiger partial charge >= 0.3 is 11.8 Å². The molecule has 2 aromatic rings. The Morgan fingerprint density at radius 1 is 1.28 bits per heavy atom. The van der Waals surface area contributed by atoms with Crippen LogP contribution in [0, 0.1) is 5.92 Å². The Bertz CT molecular complexity index is 841. The minimum Gasteiger partial charge on any atom is -0.487 e. The van der Waals surface area contributed by atoms with Crippen molar-refractivity contribution in [1.82, 2.24) is 15.2 Å². The van der Waals surface area contributed by atoms with Crippen molar-refractivity contribution in [3.63, 3.8) is 0 Å². The maximum absolute atomic E-state index is 12.4. The predicted octanol–water partition coefficient (Wildman–Crippen LogP) is 2.07. The molecule has 29 heavy (non-hydrogen) atoms. The number of hydrogen-bond donors (Lipinski definition) is 2. The van der Waals surface area contributed by atoms with E-state index in [0.29, 0.717) is 31.9 Å². The number of hydrogen-bond acceptors (Lipinski definition) is 5. The number of benzene rings is 1. The van der Waals surface area contributed by atoms with E-state index in [1.54, 1.807) is 13.1 Å². The molecule has 1 fully saturated rings. The molecule has 0 bridgehead atoms. The van der Waals surface area contributed by atoms with Gasteiger partial charge in [0.2, 0.25) is 0 Å². The van der Waals surface area contributed by atoms with Crippen LogP contribution in [0.1, 0.15) is 37.6 Å². The molecule has 2 N–H and O–H groups in total. The summed E-state index contributed by atoms with van der Waals surface area (Å²) in [5.41, 5.74) is 1.67. The maximum Gasteiger partial charge on any atom is 0.311 e. The van der Waals surface area contributed by atoms with E-state index in [9.17, 15) is 14.7 Å². The minimum atomic E-state index is -0.636. The fourth-order valence-electron chi connectivity index (χ4n) is 3.37. The third-order valence-corrected chi connectivity index (χ3v) is 5.21. The highest BCUT2D eigenvalue weighted by molar-refractivity contribution is 6.35. The van der Waals surface area contributed by atoms with Crippen LogP contribution >= 0.6 is 0 Å². The zero-order chi connectivity index (χ0) is 20.8. The standard InChI is InChI=1S/C22H27N3O4/c1-15(24-21(27)22(28)25-11-9-18(13-25)16(2)26)17-6-5-8-20(12-17)29-14-19-7-3-4-10-23-19/h3-8,10,12,15-16,18,26H,9,11,13-14H2,1-2H3,(H,24,27). The summed E-state index contributed by atoms with van der Waals surface area (Å²) in [4.78, 5) is 30.5. The number of nitrogens with one attached hydrogen (secondary N) is 1. The van der Waals surface area contributed by atoms with Gasteiger partial charge in [-0.3, -0.25) is 14.6 Å². The van der Waals surface area contributed by atoms with Crippen LogP contribution in [-0.2, 0) is 16.2 Å². The lowest BCUT2D eigenvalue weighted by atomic mass is 10.0. The number of carbonyl (C=O) groups excluding carboxylic acids is 2. The van der Waals surface area contributed by atoms with E-state index >= 15 is 0 Å². The van der Waals surface area contributed by atoms with E-state index in [1.165, 1.54) is 4.90 Å². The van der Waals surface area contributed by atoms with Crippen LogP contribution in [0.4, 0.5) is 0 Å². The van der Waals surface area contributed by atoms with Crippen LogP contribution in [0.15, 0.2) is 48.7 Å². The van der Waals surface area contributed by atoms with Gasteiger partial charge in [0.1, 0.15) is 12.4 Å². The van der Waals surface area contributed by atoms with Crippen molar-refractivity contribution < 1.29 is 19.4 Å². The molecule has 3 rings (SSSR count). The van der Waals surface area contributed by atoms with Crippen molar-refractivity contribution >= 4 is 11.8 Å². The topological polar surface area (TPSA) is 91.8 Å². The third kappa shape index (κ3) is 5.54. The Morgan fingerprint density at radius 2 is 2.10 bits per heavy atom. The average Bonchev–Trinajstić information content (AvgIpc) is 3.23. The van der Waals surface area contributed by atoms with E-state index in [0.717, 1.165) is 11.3 Å². The second-order valence-corrected chi connectivity index (χ2v) is 7.42. The van der Waals surface area contributed by atoms with Gasteiger partial charge in [-0.15, -0.1) is 0 Å². The number of nitrogens with zero attached hydrogens (tertiary/aromatic N) is 2. The molecule has 1 saturated heterocycles.